The first kappa shape index (κ1) is 20.9. The van der Waals surface area contributed by atoms with Crippen molar-refractivity contribution in [3.63, 3.8) is 0 Å². The summed E-state index contributed by atoms with van der Waals surface area (Å²) in [6.45, 7) is 2.43. The van der Waals surface area contributed by atoms with Gasteiger partial charge in [0.2, 0.25) is 0 Å². The van der Waals surface area contributed by atoms with Gasteiger partial charge in [0.05, 0.1) is 31.8 Å². The van der Waals surface area contributed by atoms with Gasteiger partial charge in [-0.15, -0.1) is 0 Å². The number of nitrogens with one attached hydrogen (secondary N) is 1. The summed E-state index contributed by atoms with van der Waals surface area (Å²) < 4.78 is 19.6. The van der Waals surface area contributed by atoms with E-state index in [1.54, 1.807) is 38.2 Å². The summed E-state index contributed by atoms with van der Waals surface area (Å²) in [7, 11) is 4.94. The Balaban J connectivity index is 1.48. The van der Waals surface area contributed by atoms with Crippen LogP contribution in [0.2, 0.25) is 0 Å². The van der Waals surface area contributed by atoms with Gasteiger partial charge >= 0.3 is 0 Å². The molecule has 1 fully saturated rings. The summed E-state index contributed by atoms with van der Waals surface area (Å²) in [6, 6.07) is 7.20. The van der Waals surface area contributed by atoms with Crippen molar-refractivity contribution < 1.29 is 19.0 Å². The molecule has 9 heteroatoms. The summed E-state index contributed by atoms with van der Waals surface area (Å²) in [5.74, 6) is 1.63. The second-order valence-corrected chi connectivity index (χ2v) is 7.57. The number of ether oxygens (including phenoxy) is 3. The van der Waals surface area contributed by atoms with Gasteiger partial charge in [-0.25, -0.2) is 0 Å². The van der Waals surface area contributed by atoms with Crippen LogP contribution in [0, 0.1) is 5.92 Å². The Kier molecular flexibility index (Phi) is 6.22. The number of nitrogens with zero attached hydrogens (tertiary/aromatic N) is 4. The van der Waals surface area contributed by atoms with Crippen molar-refractivity contribution in [2.24, 2.45) is 13.0 Å². The molecule has 0 spiro atoms. The molecule has 164 valence electrons. The summed E-state index contributed by atoms with van der Waals surface area (Å²) >= 11 is 0. The van der Waals surface area contributed by atoms with Crippen molar-refractivity contribution in [2.75, 3.05) is 32.8 Å². The normalized spacial score (nSPS) is 14.4. The molecule has 0 atom stereocenters. The molecule has 0 aliphatic carbocycles. The quantitative estimate of drug-likeness (QED) is 0.626. The number of rotatable bonds is 7. The molecule has 1 aromatic carbocycles. The van der Waals surface area contributed by atoms with E-state index in [1.165, 1.54) is 0 Å². The molecule has 1 aliphatic rings. The number of carbonyl (C=O) groups excluding carboxylic acids is 1. The predicted molar refractivity (Wildman–Crippen MR) is 115 cm³/mol. The highest BCUT2D eigenvalue weighted by Crippen LogP contribution is 2.33. The summed E-state index contributed by atoms with van der Waals surface area (Å²) in [5.41, 5.74) is 2.45. The fourth-order valence-corrected chi connectivity index (χ4v) is 3.74. The lowest BCUT2D eigenvalue weighted by Gasteiger charge is -2.21. The van der Waals surface area contributed by atoms with Gasteiger partial charge in [0.25, 0.3) is 5.91 Å². The Bertz CT molecular complexity index is 1050. The van der Waals surface area contributed by atoms with Crippen LogP contribution in [0.25, 0.3) is 11.3 Å². The highest BCUT2D eigenvalue weighted by Gasteiger charge is 2.19. The summed E-state index contributed by atoms with van der Waals surface area (Å²) in [4.78, 5) is 12.9. The highest BCUT2D eigenvalue weighted by molar-refractivity contribution is 6.03. The molecular formula is C22H27N5O4. The van der Waals surface area contributed by atoms with Crippen LogP contribution >= 0.6 is 0 Å². The molecule has 4 rings (SSSR count). The van der Waals surface area contributed by atoms with Crippen LogP contribution in [0.3, 0.4) is 0 Å². The van der Waals surface area contributed by atoms with Crippen LogP contribution in [0.1, 0.15) is 23.3 Å². The third-order valence-corrected chi connectivity index (χ3v) is 5.47. The van der Waals surface area contributed by atoms with Crippen LogP contribution in [-0.4, -0.2) is 52.9 Å². The van der Waals surface area contributed by atoms with E-state index in [2.05, 4.69) is 15.5 Å². The Morgan fingerprint density at radius 3 is 2.77 bits per heavy atom. The minimum Gasteiger partial charge on any atom is -0.497 e. The smallest absolute Gasteiger partial charge is 0.274 e. The standard InChI is InChI=1S/C22H27N5O4/c1-26-20(11-19(25-26)18-10-17(29-2)4-5-21(18)30-3)22(28)24-16-12-23-27(14-16)13-15-6-8-31-9-7-15/h4-5,10-12,14-15H,6-9,13H2,1-3H3,(H,24,28). The van der Waals surface area contributed by atoms with Crippen molar-refractivity contribution in [3.8, 4) is 22.8 Å². The Morgan fingerprint density at radius 2 is 2.03 bits per heavy atom. The van der Waals surface area contributed by atoms with E-state index in [4.69, 9.17) is 14.2 Å². The number of aryl methyl sites for hydroxylation is 1. The monoisotopic (exact) mass is 425 g/mol. The molecule has 1 N–H and O–H groups in total. The molecule has 1 saturated heterocycles. The molecule has 0 saturated carbocycles. The average Bonchev–Trinajstić information content (AvgIpc) is 3.40. The minimum atomic E-state index is -0.256. The van der Waals surface area contributed by atoms with Crippen LogP contribution in [0.5, 0.6) is 11.5 Å². The van der Waals surface area contributed by atoms with E-state index in [1.807, 2.05) is 29.1 Å². The number of anilines is 1. The van der Waals surface area contributed by atoms with Crippen molar-refractivity contribution in [1.29, 1.82) is 0 Å². The largest absolute Gasteiger partial charge is 0.497 e. The number of aromatic nitrogens is 4. The number of carbonyl (C=O) groups is 1. The van der Waals surface area contributed by atoms with E-state index >= 15 is 0 Å². The molecule has 1 amide bonds. The maximum atomic E-state index is 12.9. The van der Waals surface area contributed by atoms with Crippen LogP contribution < -0.4 is 14.8 Å². The fraction of sp³-hybridized carbons (Fsp3) is 0.409. The lowest BCUT2D eigenvalue weighted by Crippen LogP contribution is -2.20. The number of methoxy groups -OCH3 is 2. The number of amides is 1. The second kappa shape index (κ2) is 9.22. The van der Waals surface area contributed by atoms with E-state index < -0.39 is 0 Å². The predicted octanol–water partition coefficient (Wildman–Crippen LogP) is 2.98. The van der Waals surface area contributed by atoms with Crippen molar-refractivity contribution in [2.45, 2.75) is 19.4 Å². The van der Waals surface area contributed by atoms with E-state index in [0.29, 0.717) is 34.5 Å². The number of benzene rings is 1. The van der Waals surface area contributed by atoms with Gasteiger partial charge in [0.1, 0.15) is 17.2 Å². The van der Waals surface area contributed by atoms with Gasteiger partial charge in [-0.3, -0.25) is 14.2 Å². The van der Waals surface area contributed by atoms with E-state index in [-0.39, 0.29) is 5.91 Å². The maximum absolute atomic E-state index is 12.9. The first-order valence-corrected chi connectivity index (χ1v) is 10.3. The molecular weight excluding hydrogens is 398 g/mol. The summed E-state index contributed by atoms with van der Waals surface area (Å²) in [5, 5.41) is 11.8. The molecule has 0 bridgehead atoms. The maximum Gasteiger partial charge on any atom is 0.274 e. The minimum absolute atomic E-state index is 0.256. The van der Waals surface area contributed by atoms with Gasteiger partial charge in [-0.1, -0.05) is 0 Å². The number of hydrogen-bond acceptors (Lipinski definition) is 6. The van der Waals surface area contributed by atoms with Crippen LogP contribution in [-0.2, 0) is 18.3 Å². The molecule has 1 aliphatic heterocycles. The first-order chi connectivity index (χ1) is 15.1. The highest BCUT2D eigenvalue weighted by atomic mass is 16.5. The van der Waals surface area contributed by atoms with Gasteiger partial charge < -0.3 is 19.5 Å². The zero-order valence-corrected chi connectivity index (χ0v) is 18.0. The van der Waals surface area contributed by atoms with Crippen LogP contribution in [0.4, 0.5) is 5.69 Å². The van der Waals surface area contributed by atoms with Crippen molar-refractivity contribution >= 4 is 11.6 Å². The van der Waals surface area contributed by atoms with Gasteiger partial charge in [0.15, 0.2) is 0 Å². The Morgan fingerprint density at radius 1 is 1.23 bits per heavy atom. The molecule has 3 aromatic rings. The summed E-state index contributed by atoms with van der Waals surface area (Å²) in [6.07, 6.45) is 5.59. The average molecular weight is 425 g/mol. The Labute approximate surface area is 180 Å². The third-order valence-electron chi connectivity index (χ3n) is 5.47. The molecule has 31 heavy (non-hydrogen) atoms. The van der Waals surface area contributed by atoms with Crippen molar-refractivity contribution in [3.05, 3.63) is 42.4 Å². The zero-order chi connectivity index (χ0) is 21.8. The van der Waals surface area contributed by atoms with Crippen molar-refractivity contribution in [1.82, 2.24) is 19.6 Å². The van der Waals surface area contributed by atoms with Gasteiger partial charge in [0, 0.05) is 38.6 Å². The fourth-order valence-electron chi connectivity index (χ4n) is 3.74. The molecule has 3 heterocycles. The molecule has 0 radical (unpaired) electrons. The lowest BCUT2D eigenvalue weighted by atomic mass is 10.0. The number of hydrogen-bond donors (Lipinski definition) is 1. The van der Waals surface area contributed by atoms with Gasteiger partial charge in [-0.2, -0.15) is 10.2 Å². The topological polar surface area (TPSA) is 92.4 Å². The second-order valence-electron chi connectivity index (χ2n) is 7.57. The van der Waals surface area contributed by atoms with E-state index in [0.717, 1.165) is 38.2 Å². The molecule has 2 aromatic heterocycles. The van der Waals surface area contributed by atoms with Gasteiger partial charge in [-0.05, 0) is 43.0 Å². The van der Waals surface area contributed by atoms with E-state index in [9.17, 15) is 4.79 Å². The Hall–Kier alpha value is -3.33. The van der Waals surface area contributed by atoms with Crippen LogP contribution in [0.15, 0.2) is 36.7 Å². The SMILES string of the molecule is COc1ccc(OC)c(-c2cc(C(=O)Nc3cnn(CC4CCOCC4)c3)n(C)n2)c1. The molecule has 9 nitrogen and oxygen atoms in total. The lowest BCUT2D eigenvalue weighted by molar-refractivity contribution is 0.0601. The third kappa shape index (κ3) is 4.72. The zero-order valence-electron chi connectivity index (χ0n) is 18.0. The molecule has 0 unspecified atom stereocenters. The first-order valence-electron chi connectivity index (χ1n) is 10.3.